The summed E-state index contributed by atoms with van der Waals surface area (Å²) in [5, 5.41) is 2.72. The molecule has 0 atom stereocenters. The number of aromatic nitrogens is 3. The molecule has 2 amide bonds. The Labute approximate surface area is 198 Å². The summed E-state index contributed by atoms with van der Waals surface area (Å²) in [4.78, 5) is 40.1. The van der Waals surface area contributed by atoms with Crippen LogP contribution in [0.5, 0.6) is 0 Å². The number of carbonyl (C=O) groups excluding carboxylic acids is 2. The molecule has 1 N–H and O–H groups in total. The molecule has 2 aromatic heterocycles. The predicted molar refractivity (Wildman–Crippen MR) is 117 cm³/mol. The molecule has 0 radical (unpaired) electrons. The zero-order valence-corrected chi connectivity index (χ0v) is 18.6. The Bertz CT molecular complexity index is 1100. The molecular formula is C22H23F3N6O4. The molecule has 2 aliphatic heterocycles. The number of rotatable bonds is 3. The van der Waals surface area contributed by atoms with Gasteiger partial charge in [0.15, 0.2) is 11.5 Å². The first-order valence-electron chi connectivity index (χ1n) is 10.9. The SMILES string of the molecule is O=C1CCN(C(=O)C2=COCCO2)CCN(c2cc(C(F)(F)F)nc(-c3cccnc3)n2)CCN1. The molecule has 2 aliphatic rings. The van der Waals surface area contributed by atoms with E-state index >= 15 is 0 Å². The summed E-state index contributed by atoms with van der Waals surface area (Å²) in [5.41, 5.74) is -0.777. The lowest BCUT2D eigenvalue weighted by molar-refractivity contribution is -0.141. The van der Waals surface area contributed by atoms with E-state index in [1.54, 1.807) is 17.0 Å². The van der Waals surface area contributed by atoms with Crippen LogP contribution in [-0.4, -0.2) is 77.6 Å². The molecule has 2 aromatic rings. The van der Waals surface area contributed by atoms with Crippen molar-refractivity contribution in [2.24, 2.45) is 0 Å². The van der Waals surface area contributed by atoms with Crippen molar-refractivity contribution in [2.75, 3.05) is 50.8 Å². The predicted octanol–water partition coefficient (Wildman–Crippen LogP) is 1.60. The van der Waals surface area contributed by atoms with Gasteiger partial charge in [-0.25, -0.2) is 9.97 Å². The average molecular weight is 492 g/mol. The van der Waals surface area contributed by atoms with Crippen LogP contribution < -0.4 is 10.2 Å². The third-order valence-corrected chi connectivity index (χ3v) is 5.35. The summed E-state index contributed by atoms with van der Waals surface area (Å²) < 4.78 is 51.5. The number of nitrogens with zero attached hydrogens (tertiary/aromatic N) is 5. The smallest absolute Gasteiger partial charge is 0.433 e. The minimum atomic E-state index is -4.70. The number of amides is 2. The topological polar surface area (TPSA) is 110 Å². The highest BCUT2D eigenvalue weighted by molar-refractivity contribution is 5.91. The highest BCUT2D eigenvalue weighted by atomic mass is 19.4. The maximum Gasteiger partial charge on any atom is 0.433 e. The van der Waals surface area contributed by atoms with Crippen LogP contribution in [0.1, 0.15) is 12.1 Å². The minimum Gasteiger partial charge on any atom is -0.494 e. The van der Waals surface area contributed by atoms with Gasteiger partial charge in [-0.1, -0.05) is 0 Å². The number of ether oxygens (including phenoxy) is 2. The van der Waals surface area contributed by atoms with E-state index in [9.17, 15) is 22.8 Å². The quantitative estimate of drug-likeness (QED) is 0.688. The molecule has 0 aliphatic carbocycles. The molecule has 1 fully saturated rings. The number of carbonyl (C=O) groups is 2. The molecular weight excluding hydrogens is 469 g/mol. The molecule has 0 spiro atoms. The fourth-order valence-electron chi connectivity index (χ4n) is 3.55. The van der Waals surface area contributed by atoms with Crippen molar-refractivity contribution in [2.45, 2.75) is 12.6 Å². The zero-order chi connectivity index (χ0) is 24.8. The highest BCUT2D eigenvalue weighted by Gasteiger charge is 2.34. The van der Waals surface area contributed by atoms with Gasteiger partial charge >= 0.3 is 6.18 Å². The maximum atomic E-state index is 13.7. The molecule has 0 aromatic carbocycles. The summed E-state index contributed by atoms with van der Waals surface area (Å²) >= 11 is 0. The monoisotopic (exact) mass is 492 g/mol. The van der Waals surface area contributed by atoms with Crippen LogP contribution in [-0.2, 0) is 25.2 Å². The maximum absolute atomic E-state index is 13.7. The van der Waals surface area contributed by atoms with Crippen molar-refractivity contribution < 1.29 is 32.2 Å². The van der Waals surface area contributed by atoms with Crippen molar-refractivity contribution in [3.63, 3.8) is 0 Å². The second kappa shape index (κ2) is 10.6. The lowest BCUT2D eigenvalue weighted by Gasteiger charge is -2.31. The van der Waals surface area contributed by atoms with E-state index in [1.807, 2.05) is 0 Å². The van der Waals surface area contributed by atoms with Gasteiger partial charge in [0, 0.05) is 63.2 Å². The van der Waals surface area contributed by atoms with E-state index in [2.05, 4.69) is 20.3 Å². The summed E-state index contributed by atoms with van der Waals surface area (Å²) in [6.45, 7) is 1.31. The van der Waals surface area contributed by atoms with E-state index in [1.165, 1.54) is 23.6 Å². The molecule has 1 saturated heterocycles. The molecule has 4 heterocycles. The Morgan fingerprint density at radius 2 is 1.97 bits per heavy atom. The summed E-state index contributed by atoms with van der Waals surface area (Å²) in [6, 6.07) is 4.00. The minimum absolute atomic E-state index is 0.0144. The first kappa shape index (κ1) is 24.2. The van der Waals surface area contributed by atoms with Crippen LogP contribution in [0.15, 0.2) is 42.6 Å². The van der Waals surface area contributed by atoms with E-state index in [0.29, 0.717) is 12.2 Å². The number of alkyl halides is 3. The second-order valence-corrected chi connectivity index (χ2v) is 7.76. The summed E-state index contributed by atoms with van der Waals surface area (Å²) in [6.07, 6.45) is -0.525. The van der Waals surface area contributed by atoms with Gasteiger partial charge in [-0.05, 0) is 12.1 Å². The van der Waals surface area contributed by atoms with Crippen LogP contribution in [0.3, 0.4) is 0 Å². The Balaban J connectivity index is 1.64. The van der Waals surface area contributed by atoms with Gasteiger partial charge in [0.05, 0.1) is 0 Å². The standard InChI is InChI=1S/C22H23F3N6O4/c23-22(24,25)17-12-18(29-20(28-17)15-2-1-4-26-13-15)30-7-5-27-19(32)3-6-31(9-8-30)21(33)16-14-34-10-11-35-16/h1-2,4,12-14H,3,5-11H2,(H,27,32). The average Bonchev–Trinajstić information content (AvgIpc) is 2.87. The first-order valence-corrected chi connectivity index (χ1v) is 10.9. The van der Waals surface area contributed by atoms with Crippen LogP contribution in [0, 0.1) is 0 Å². The van der Waals surface area contributed by atoms with Crippen LogP contribution in [0.2, 0.25) is 0 Å². The van der Waals surface area contributed by atoms with Crippen LogP contribution in [0.4, 0.5) is 19.0 Å². The fourth-order valence-corrected chi connectivity index (χ4v) is 3.55. The number of nitrogens with one attached hydrogen (secondary N) is 1. The Hall–Kier alpha value is -3.90. The van der Waals surface area contributed by atoms with Crippen molar-refractivity contribution in [3.05, 3.63) is 48.3 Å². The number of anilines is 1. The Morgan fingerprint density at radius 3 is 2.69 bits per heavy atom. The molecule has 4 rings (SSSR count). The van der Waals surface area contributed by atoms with E-state index in [-0.39, 0.29) is 69.1 Å². The molecule has 10 nitrogen and oxygen atoms in total. The van der Waals surface area contributed by atoms with E-state index in [4.69, 9.17) is 9.47 Å². The highest BCUT2D eigenvalue weighted by Crippen LogP contribution is 2.31. The van der Waals surface area contributed by atoms with Crippen molar-refractivity contribution >= 4 is 17.6 Å². The second-order valence-electron chi connectivity index (χ2n) is 7.76. The lowest BCUT2D eigenvalue weighted by Crippen LogP contribution is -2.46. The zero-order valence-electron chi connectivity index (χ0n) is 18.6. The molecule has 0 unspecified atom stereocenters. The van der Waals surface area contributed by atoms with Gasteiger partial charge in [-0.2, -0.15) is 13.2 Å². The largest absolute Gasteiger partial charge is 0.494 e. The number of pyridine rings is 1. The fraction of sp³-hybridized carbons (Fsp3) is 0.409. The van der Waals surface area contributed by atoms with Gasteiger partial charge in [0.1, 0.15) is 25.3 Å². The first-order chi connectivity index (χ1) is 16.8. The Kier molecular flexibility index (Phi) is 7.32. The number of halogens is 3. The van der Waals surface area contributed by atoms with Crippen molar-refractivity contribution in [1.29, 1.82) is 0 Å². The van der Waals surface area contributed by atoms with Gasteiger partial charge < -0.3 is 24.6 Å². The van der Waals surface area contributed by atoms with Crippen LogP contribution in [0.25, 0.3) is 11.4 Å². The van der Waals surface area contributed by atoms with Crippen molar-refractivity contribution in [1.82, 2.24) is 25.2 Å². The van der Waals surface area contributed by atoms with Crippen molar-refractivity contribution in [3.8, 4) is 11.4 Å². The molecule has 186 valence electrons. The van der Waals surface area contributed by atoms with Gasteiger partial charge in [-0.3, -0.25) is 14.6 Å². The van der Waals surface area contributed by atoms with E-state index < -0.39 is 17.8 Å². The Morgan fingerprint density at radius 1 is 1.11 bits per heavy atom. The molecule has 35 heavy (non-hydrogen) atoms. The van der Waals surface area contributed by atoms with E-state index in [0.717, 1.165) is 6.07 Å². The van der Waals surface area contributed by atoms with Gasteiger partial charge in [0.2, 0.25) is 11.7 Å². The van der Waals surface area contributed by atoms with Crippen LogP contribution >= 0.6 is 0 Å². The number of hydrogen-bond donors (Lipinski definition) is 1. The third-order valence-electron chi connectivity index (χ3n) is 5.35. The number of hydrogen-bond acceptors (Lipinski definition) is 8. The molecule has 0 bridgehead atoms. The van der Waals surface area contributed by atoms with Gasteiger partial charge in [0.25, 0.3) is 5.91 Å². The third kappa shape index (κ3) is 6.16. The molecule has 13 heteroatoms. The normalized spacial score (nSPS) is 17.6. The molecule has 0 saturated carbocycles. The summed E-state index contributed by atoms with van der Waals surface area (Å²) in [7, 11) is 0. The van der Waals surface area contributed by atoms with Gasteiger partial charge in [-0.15, -0.1) is 0 Å². The summed E-state index contributed by atoms with van der Waals surface area (Å²) in [5.74, 6) is -0.845. The lowest BCUT2D eigenvalue weighted by atomic mass is 10.2.